The molecule has 40 heavy (non-hydrogen) atoms. The van der Waals surface area contributed by atoms with E-state index in [0.29, 0.717) is 0 Å². The lowest BCUT2D eigenvalue weighted by Crippen LogP contribution is -2.69. The van der Waals surface area contributed by atoms with Gasteiger partial charge in [-0.05, 0) is 0 Å². The zero-order valence-electron chi connectivity index (χ0n) is 21.7. The lowest BCUT2D eigenvalue weighted by molar-refractivity contribution is -0.364. The molecule has 3 saturated heterocycles. The molecule has 18 heteroatoms. The average Bonchev–Trinajstić information content (AvgIpc) is 2.90. The second-order valence-electron chi connectivity index (χ2n) is 9.81. The predicted molar refractivity (Wildman–Crippen MR) is 124 cm³/mol. The van der Waals surface area contributed by atoms with Gasteiger partial charge in [-0.25, -0.2) is 0 Å². The van der Waals surface area contributed by atoms with Crippen molar-refractivity contribution >= 4 is 11.8 Å². The highest BCUT2D eigenvalue weighted by Crippen LogP contribution is 2.32. The molecule has 15 atom stereocenters. The van der Waals surface area contributed by atoms with E-state index in [-0.39, 0.29) is 0 Å². The summed E-state index contributed by atoms with van der Waals surface area (Å²) < 4.78 is 27.5. The lowest BCUT2D eigenvalue weighted by Gasteiger charge is -2.49. The van der Waals surface area contributed by atoms with E-state index in [1.165, 1.54) is 0 Å². The van der Waals surface area contributed by atoms with Crippen LogP contribution < -0.4 is 10.6 Å². The summed E-state index contributed by atoms with van der Waals surface area (Å²) in [4.78, 5) is 23.3. The topological polar surface area (TPSA) is 286 Å². The van der Waals surface area contributed by atoms with Crippen LogP contribution in [-0.4, -0.2) is 170 Å². The number of amides is 2. The fourth-order valence-corrected chi connectivity index (χ4v) is 4.86. The van der Waals surface area contributed by atoms with E-state index in [2.05, 4.69) is 10.6 Å². The Hall–Kier alpha value is -1.62. The Morgan fingerprint density at radius 2 is 1.10 bits per heavy atom. The third kappa shape index (κ3) is 7.05. The van der Waals surface area contributed by atoms with Gasteiger partial charge in [0.2, 0.25) is 11.8 Å². The van der Waals surface area contributed by atoms with Crippen LogP contribution in [0.3, 0.4) is 0 Å². The Morgan fingerprint density at radius 3 is 1.65 bits per heavy atom. The summed E-state index contributed by atoms with van der Waals surface area (Å²) >= 11 is 0. The van der Waals surface area contributed by atoms with E-state index in [1.807, 2.05) is 0 Å². The van der Waals surface area contributed by atoms with E-state index in [1.54, 1.807) is 0 Å². The molecule has 0 aromatic rings. The highest BCUT2D eigenvalue weighted by molar-refractivity contribution is 5.73. The SMILES string of the molecule is CC(=O)N[C@@H]1[C@@H](O[C@@H]2O[C@H](CO)[C@H](O[C@H]3O[C@H](CO)[C@@H](O)[C@H](O)[C@H]3NC(C)=O)[C@H](O)[C@H]2O)[C@H](O)[C@@H](CO)O[C@H]1O. The third-order valence-corrected chi connectivity index (χ3v) is 6.90. The quantitative estimate of drug-likeness (QED) is 0.120. The molecular formula is C22H38N2O16. The zero-order valence-corrected chi connectivity index (χ0v) is 21.7. The highest BCUT2D eigenvalue weighted by atomic mass is 16.7. The summed E-state index contributed by atoms with van der Waals surface area (Å²) in [5.74, 6) is -1.28. The summed E-state index contributed by atoms with van der Waals surface area (Å²) in [5, 5.41) is 96.9. The summed E-state index contributed by atoms with van der Waals surface area (Å²) in [6, 6.07) is -2.80. The first-order chi connectivity index (χ1) is 18.8. The number of hydrogen-bond acceptors (Lipinski definition) is 16. The maximum Gasteiger partial charge on any atom is 0.217 e. The van der Waals surface area contributed by atoms with Gasteiger partial charge in [-0.2, -0.15) is 0 Å². The van der Waals surface area contributed by atoms with Crippen LogP contribution in [0, 0.1) is 0 Å². The van der Waals surface area contributed by atoms with Crippen molar-refractivity contribution in [3.05, 3.63) is 0 Å². The molecule has 3 aliphatic rings. The van der Waals surface area contributed by atoms with Crippen molar-refractivity contribution < 1.29 is 79.2 Å². The predicted octanol–water partition coefficient (Wildman–Crippen LogP) is -7.29. The van der Waals surface area contributed by atoms with E-state index in [9.17, 15) is 55.5 Å². The number of ether oxygens (including phenoxy) is 5. The zero-order chi connectivity index (χ0) is 29.9. The fraction of sp³-hybridized carbons (Fsp3) is 0.909. The molecule has 232 valence electrons. The third-order valence-electron chi connectivity index (χ3n) is 6.90. The molecule has 0 aromatic carbocycles. The summed E-state index contributed by atoms with van der Waals surface area (Å²) in [6.45, 7) is -0.101. The molecule has 2 amide bonds. The number of hydrogen-bond donors (Lipinski definition) is 11. The molecule has 11 N–H and O–H groups in total. The molecule has 0 aromatic heterocycles. The average molecular weight is 587 g/mol. The summed E-state index contributed by atoms with van der Waals surface area (Å²) in [6.07, 6.45) is -21.2. The minimum absolute atomic E-state index is 0.641. The Bertz CT molecular complexity index is 852. The molecular weight excluding hydrogens is 548 g/mol. The number of carbonyl (C=O) groups excluding carboxylic acids is 2. The van der Waals surface area contributed by atoms with Crippen LogP contribution in [0.25, 0.3) is 0 Å². The molecule has 0 radical (unpaired) electrons. The maximum atomic E-state index is 11.7. The van der Waals surface area contributed by atoms with Gasteiger partial charge in [0.05, 0.1) is 19.8 Å². The Kier molecular flexibility index (Phi) is 11.5. The smallest absolute Gasteiger partial charge is 0.217 e. The standard InChI is InChI=1S/C22H38N2O16/c1-6(28)23-11-15(32)13(30)8(3-25)37-21(11)39-18-10(5-27)38-22(17(34)16(18)33)40-19-12(24-7(2)29)20(35)36-9(4-26)14(19)31/h8-22,25-27,30-35H,3-5H2,1-2H3,(H,23,28)(H,24,29)/t8-,9-,10-,11-,12-,13-,14-,15-,16-,17-,18+,19-,20-,21-,22+/m1/s1. The van der Waals surface area contributed by atoms with Crippen LogP contribution >= 0.6 is 0 Å². The first-order valence-corrected chi connectivity index (χ1v) is 12.6. The number of aliphatic hydroxyl groups excluding tert-OH is 9. The van der Waals surface area contributed by atoms with Crippen molar-refractivity contribution in [2.45, 2.75) is 106 Å². The minimum Gasteiger partial charge on any atom is -0.394 e. The Balaban J connectivity index is 1.81. The maximum absolute atomic E-state index is 11.7. The van der Waals surface area contributed by atoms with Gasteiger partial charge in [0.1, 0.15) is 73.1 Å². The number of carbonyl (C=O) groups is 2. The van der Waals surface area contributed by atoms with Crippen LogP contribution in [0.4, 0.5) is 0 Å². The van der Waals surface area contributed by atoms with Gasteiger partial charge in [-0.1, -0.05) is 0 Å². The van der Waals surface area contributed by atoms with Crippen molar-refractivity contribution in [3.63, 3.8) is 0 Å². The van der Waals surface area contributed by atoms with Crippen molar-refractivity contribution in [2.75, 3.05) is 19.8 Å². The summed E-state index contributed by atoms with van der Waals surface area (Å²) in [7, 11) is 0. The normalized spacial score (nSPS) is 46.0. The van der Waals surface area contributed by atoms with Crippen LogP contribution in [-0.2, 0) is 33.3 Å². The van der Waals surface area contributed by atoms with Crippen molar-refractivity contribution in [2.24, 2.45) is 0 Å². The van der Waals surface area contributed by atoms with E-state index < -0.39 is 124 Å². The highest BCUT2D eigenvalue weighted by Gasteiger charge is 2.54. The van der Waals surface area contributed by atoms with Crippen LogP contribution in [0.2, 0.25) is 0 Å². The van der Waals surface area contributed by atoms with Crippen LogP contribution in [0.15, 0.2) is 0 Å². The van der Waals surface area contributed by atoms with Crippen molar-refractivity contribution in [1.82, 2.24) is 10.6 Å². The second kappa shape index (κ2) is 14.0. The Morgan fingerprint density at radius 1 is 0.600 bits per heavy atom. The molecule has 0 unspecified atom stereocenters. The Labute approximate surface area is 228 Å². The van der Waals surface area contributed by atoms with Crippen LogP contribution in [0.5, 0.6) is 0 Å². The van der Waals surface area contributed by atoms with Gasteiger partial charge in [0, 0.05) is 13.8 Å². The number of rotatable bonds is 9. The van der Waals surface area contributed by atoms with Crippen molar-refractivity contribution in [1.29, 1.82) is 0 Å². The second-order valence-corrected chi connectivity index (χ2v) is 9.81. The van der Waals surface area contributed by atoms with Crippen molar-refractivity contribution in [3.8, 4) is 0 Å². The molecule has 18 nitrogen and oxygen atoms in total. The molecule has 3 heterocycles. The van der Waals surface area contributed by atoms with Gasteiger partial charge in [0.25, 0.3) is 0 Å². The van der Waals surface area contributed by atoms with Gasteiger partial charge >= 0.3 is 0 Å². The van der Waals surface area contributed by atoms with Crippen LogP contribution in [0.1, 0.15) is 13.8 Å². The summed E-state index contributed by atoms with van der Waals surface area (Å²) in [5.41, 5.74) is 0. The first kappa shape index (κ1) is 32.9. The lowest BCUT2D eigenvalue weighted by atomic mass is 9.94. The molecule has 3 aliphatic heterocycles. The minimum atomic E-state index is -1.95. The molecule has 0 saturated carbocycles. The first-order valence-electron chi connectivity index (χ1n) is 12.6. The molecule has 3 fully saturated rings. The molecule has 0 bridgehead atoms. The van der Waals surface area contributed by atoms with Gasteiger partial charge in [0.15, 0.2) is 18.9 Å². The number of aliphatic hydroxyl groups is 9. The molecule has 0 aliphatic carbocycles. The van der Waals surface area contributed by atoms with E-state index >= 15 is 0 Å². The van der Waals surface area contributed by atoms with Gasteiger partial charge in [-0.15, -0.1) is 0 Å². The van der Waals surface area contributed by atoms with Gasteiger partial charge in [-0.3, -0.25) is 9.59 Å². The molecule has 3 rings (SSSR count). The van der Waals surface area contributed by atoms with Gasteiger partial charge < -0.3 is 80.3 Å². The molecule has 0 spiro atoms. The van der Waals surface area contributed by atoms with E-state index in [0.717, 1.165) is 13.8 Å². The number of nitrogens with one attached hydrogen (secondary N) is 2. The monoisotopic (exact) mass is 586 g/mol. The fourth-order valence-electron chi connectivity index (χ4n) is 4.86. The van der Waals surface area contributed by atoms with E-state index in [4.69, 9.17) is 23.7 Å². The largest absolute Gasteiger partial charge is 0.394 e.